The van der Waals surface area contributed by atoms with Crippen molar-refractivity contribution in [2.45, 2.75) is 59.6 Å². The Labute approximate surface area is 381 Å². The van der Waals surface area contributed by atoms with Crippen LogP contribution in [0.15, 0.2) is 180 Å². The van der Waals surface area contributed by atoms with Crippen molar-refractivity contribution in [3.05, 3.63) is 212 Å². The van der Waals surface area contributed by atoms with E-state index >= 15 is 0 Å². The Bertz CT molecular complexity index is 2660. The third-order valence-electron chi connectivity index (χ3n) is 11.6. The quantitative estimate of drug-likeness (QED) is 0.0483. The van der Waals surface area contributed by atoms with Crippen molar-refractivity contribution in [1.82, 2.24) is 20.1 Å². The average molecular weight is 931 g/mol. The van der Waals surface area contributed by atoms with E-state index in [0.29, 0.717) is 47.9 Å². The lowest BCUT2D eigenvalue weighted by Crippen LogP contribution is -2.49. The Morgan fingerprint density at radius 1 is 0.439 bits per heavy atom. The Balaban J connectivity index is 1.21. The largest absolute Gasteiger partial charge is 0.347 e. The molecule has 340 valence electrons. The third kappa shape index (κ3) is 11.2. The summed E-state index contributed by atoms with van der Waals surface area (Å²) in [5.41, 5.74) is 1.54. The minimum Gasteiger partial charge on any atom is -0.347 e. The fourth-order valence-electron chi connectivity index (χ4n) is 8.26. The van der Waals surface area contributed by atoms with Crippen molar-refractivity contribution in [2.75, 3.05) is 0 Å². The van der Waals surface area contributed by atoms with Gasteiger partial charge in [-0.05, 0) is 59.4 Å². The van der Waals surface area contributed by atoms with Crippen molar-refractivity contribution in [3.8, 4) is 0 Å². The van der Waals surface area contributed by atoms with E-state index in [-0.39, 0.29) is 21.2 Å². The van der Waals surface area contributed by atoms with Crippen molar-refractivity contribution in [2.24, 2.45) is 11.8 Å². The molecule has 18 heteroatoms. The Morgan fingerprint density at radius 3 is 0.985 bits per heavy atom. The van der Waals surface area contributed by atoms with Crippen LogP contribution in [-0.2, 0) is 29.6 Å². The van der Waals surface area contributed by atoms with Gasteiger partial charge in [0.05, 0.1) is 43.8 Å². The van der Waals surface area contributed by atoms with Gasteiger partial charge in [0, 0.05) is 36.1 Å². The summed E-state index contributed by atoms with van der Waals surface area (Å²) < 4.78 is 61.6. The molecule has 0 radical (unpaired) electrons. The number of nitro benzene ring substituents is 2. The molecule has 66 heavy (non-hydrogen) atoms. The van der Waals surface area contributed by atoms with Crippen LogP contribution in [0.4, 0.5) is 11.4 Å². The molecule has 1 saturated carbocycles. The molecule has 0 saturated heterocycles. The van der Waals surface area contributed by atoms with Gasteiger partial charge in [0.2, 0.25) is 31.9 Å². The highest BCUT2D eigenvalue weighted by atomic mass is 32.2. The predicted octanol–water partition coefficient (Wildman–Crippen LogP) is 7.76. The van der Waals surface area contributed by atoms with Crippen molar-refractivity contribution < 1.29 is 36.3 Å². The molecule has 16 nitrogen and oxygen atoms in total. The molecular weight excluding hydrogens is 885 g/mol. The standard InChI is InChI=1S/C48H46N6O10S2/c55-47(49-43(33-15-5-1-6-16-33)45(35-19-9-3-10-20-35)51-65(61,62)39-29-25-37(26-30-39)53(57)58)41-23-13-14-24-42(41)48(56)50-44(34-17-7-2-8-18-34)46(36-21-11-4-12-22-36)52-66(63,64)40-31-27-38(28-32-40)54(59)60/h1-12,15-22,25-32,41-46,51-52H,13-14,23-24H2,(H,49,55)(H,50,56)/t41-,42-,43+,44+,45+,46+/m0/s1. The molecule has 0 aromatic heterocycles. The molecule has 7 rings (SSSR count). The maximum Gasteiger partial charge on any atom is 0.269 e. The van der Waals surface area contributed by atoms with Crippen molar-refractivity contribution in [3.63, 3.8) is 0 Å². The van der Waals surface area contributed by atoms with Crippen LogP contribution in [0.25, 0.3) is 0 Å². The number of amides is 2. The molecule has 6 aromatic carbocycles. The number of non-ortho nitro benzene ring substituents is 2. The lowest BCUT2D eigenvalue weighted by Gasteiger charge is -2.36. The number of sulfonamides is 2. The molecule has 0 heterocycles. The van der Waals surface area contributed by atoms with Gasteiger partial charge in [-0.2, -0.15) is 0 Å². The number of nitrogens with one attached hydrogen (secondary N) is 4. The summed E-state index contributed by atoms with van der Waals surface area (Å²) in [7, 11) is -8.72. The SMILES string of the molecule is O=C(N[C@H](c1ccccc1)[C@H](NS(=O)(=O)c1ccc([N+](=O)[O-])cc1)c1ccccc1)[C@H]1CCCC[C@@H]1C(=O)N[C@H](c1ccccc1)[C@H](NS(=O)(=O)c1ccc([N+](=O)[O-])cc1)c1ccccc1. The van der Waals surface area contributed by atoms with Gasteiger partial charge in [-0.15, -0.1) is 0 Å². The predicted molar refractivity (Wildman–Crippen MR) is 245 cm³/mol. The molecule has 0 aliphatic heterocycles. The minimum atomic E-state index is -4.36. The van der Waals surface area contributed by atoms with Crippen LogP contribution in [0.3, 0.4) is 0 Å². The Hall–Kier alpha value is -7.12. The Kier molecular flexibility index (Phi) is 14.8. The first-order chi connectivity index (χ1) is 31.7. The highest BCUT2D eigenvalue weighted by Crippen LogP contribution is 2.37. The number of hydrogen-bond acceptors (Lipinski definition) is 10. The molecule has 4 N–H and O–H groups in total. The molecular formula is C48H46N6O10S2. The number of carbonyl (C=O) groups is 2. The van der Waals surface area contributed by atoms with E-state index < -0.39 is 77.7 Å². The number of benzene rings is 6. The summed E-state index contributed by atoms with van der Waals surface area (Å²) in [4.78, 5) is 50.6. The second kappa shape index (κ2) is 20.8. The molecule has 0 spiro atoms. The van der Waals surface area contributed by atoms with Crippen LogP contribution in [-0.4, -0.2) is 38.5 Å². The van der Waals surface area contributed by atoms with Crippen LogP contribution in [0.2, 0.25) is 0 Å². The number of rotatable bonds is 18. The van der Waals surface area contributed by atoms with Gasteiger partial charge in [-0.3, -0.25) is 29.8 Å². The van der Waals surface area contributed by atoms with E-state index in [0.717, 1.165) is 48.5 Å². The number of nitro groups is 2. The monoisotopic (exact) mass is 930 g/mol. The van der Waals surface area contributed by atoms with E-state index in [1.54, 1.807) is 121 Å². The summed E-state index contributed by atoms with van der Waals surface area (Å²) in [6.07, 6.45) is 1.88. The lowest BCUT2D eigenvalue weighted by molar-refractivity contribution is -0.385. The molecule has 6 atom stereocenters. The first-order valence-corrected chi connectivity index (χ1v) is 24.0. The second-order valence-electron chi connectivity index (χ2n) is 15.8. The zero-order valence-electron chi connectivity index (χ0n) is 35.3. The van der Waals surface area contributed by atoms with E-state index in [1.807, 2.05) is 0 Å². The first-order valence-electron chi connectivity index (χ1n) is 21.1. The maximum atomic E-state index is 14.8. The van der Waals surface area contributed by atoms with E-state index in [4.69, 9.17) is 0 Å². The summed E-state index contributed by atoms with van der Waals surface area (Å²) in [5, 5.41) is 28.9. The molecule has 0 unspecified atom stereocenters. The lowest BCUT2D eigenvalue weighted by atomic mass is 9.77. The van der Waals surface area contributed by atoms with E-state index in [9.17, 15) is 46.7 Å². The van der Waals surface area contributed by atoms with Gasteiger partial charge >= 0.3 is 0 Å². The van der Waals surface area contributed by atoms with Crippen molar-refractivity contribution in [1.29, 1.82) is 0 Å². The summed E-state index contributed by atoms with van der Waals surface area (Å²) in [6.45, 7) is 0. The van der Waals surface area contributed by atoms with Gasteiger partial charge in [0.1, 0.15) is 0 Å². The molecule has 1 aliphatic rings. The highest BCUT2D eigenvalue weighted by Gasteiger charge is 2.41. The average Bonchev–Trinajstić information content (AvgIpc) is 3.34. The third-order valence-corrected chi connectivity index (χ3v) is 14.5. The maximum absolute atomic E-state index is 14.8. The number of nitrogens with zero attached hydrogens (tertiary/aromatic N) is 2. The zero-order valence-corrected chi connectivity index (χ0v) is 36.9. The fourth-order valence-corrected chi connectivity index (χ4v) is 10.7. The van der Waals surface area contributed by atoms with Gasteiger partial charge < -0.3 is 10.6 Å². The molecule has 0 bridgehead atoms. The highest BCUT2D eigenvalue weighted by molar-refractivity contribution is 7.89. The number of carbonyl (C=O) groups excluding carboxylic acids is 2. The summed E-state index contributed by atoms with van der Waals surface area (Å²) >= 11 is 0. The molecule has 1 aliphatic carbocycles. The van der Waals surface area contributed by atoms with Gasteiger partial charge in [-0.1, -0.05) is 134 Å². The molecule has 1 fully saturated rings. The minimum absolute atomic E-state index is 0.229. The Morgan fingerprint density at radius 2 is 0.712 bits per heavy atom. The van der Waals surface area contributed by atoms with Crippen LogP contribution in [0.5, 0.6) is 0 Å². The zero-order chi connectivity index (χ0) is 46.8. The van der Waals surface area contributed by atoms with Gasteiger partial charge in [-0.25, -0.2) is 26.3 Å². The molecule has 2 amide bonds. The van der Waals surface area contributed by atoms with Crippen molar-refractivity contribution >= 4 is 43.2 Å². The van der Waals surface area contributed by atoms with Crippen LogP contribution in [0.1, 0.15) is 72.1 Å². The number of hydrogen-bond donors (Lipinski definition) is 4. The summed E-state index contributed by atoms with van der Waals surface area (Å²) in [5.74, 6) is -2.80. The van der Waals surface area contributed by atoms with E-state index in [2.05, 4.69) is 20.1 Å². The summed E-state index contributed by atoms with van der Waals surface area (Å²) in [6, 6.07) is 39.5. The van der Waals surface area contributed by atoms with E-state index in [1.165, 1.54) is 0 Å². The van der Waals surface area contributed by atoms with Crippen LogP contribution >= 0.6 is 0 Å². The van der Waals surface area contributed by atoms with Crippen LogP contribution in [0, 0.1) is 32.1 Å². The smallest absolute Gasteiger partial charge is 0.269 e. The topological polar surface area (TPSA) is 237 Å². The van der Waals surface area contributed by atoms with Crippen LogP contribution < -0.4 is 20.1 Å². The van der Waals surface area contributed by atoms with Gasteiger partial charge in [0.15, 0.2) is 0 Å². The second-order valence-corrected chi connectivity index (χ2v) is 19.2. The molecule has 6 aromatic rings. The fraction of sp³-hybridized carbons (Fsp3) is 0.208. The van der Waals surface area contributed by atoms with Gasteiger partial charge in [0.25, 0.3) is 11.4 Å². The first kappa shape index (κ1) is 46.9. The normalized spacial score (nSPS) is 17.0.